The van der Waals surface area contributed by atoms with Crippen LogP contribution < -0.4 is 14.4 Å². The van der Waals surface area contributed by atoms with E-state index in [0.29, 0.717) is 6.79 Å². The van der Waals surface area contributed by atoms with Gasteiger partial charge in [-0.05, 0) is 23.8 Å². The molecular formula is C17H17N3O2S. The number of hydrogen-bond acceptors (Lipinski definition) is 6. The normalized spacial score (nSPS) is 18.9. The highest BCUT2D eigenvalue weighted by molar-refractivity contribution is 8.00. The predicted molar refractivity (Wildman–Crippen MR) is 92.6 cm³/mol. The molecule has 1 aromatic heterocycles. The van der Waals surface area contributed by atoms with Crippen LogP contribution in [-0.2, 0) is 6.54 Å². The second-order valence-electron chi connectivity index (χ2n) is 5.34. The minimum Gasteiger partial charge on any atom is -0.454 e. The minimum atomic E-state index is 0.212. The fourth-order valence-corrected chi connectivity index (χ4v) is 3.69. The van der Waals surface area contributed by atoms with Crippen LogP contribution in [0.4, 0.5) is 5.69 Å². The quantitative estimate of drug-likeness (QED) is 0.864. The molecule has 23 heavy (non-hydrogen) atoms. The summed E-state index contributed by atoms with van der Waals surface area (Å²) in [7, 11) is 0. The third kappa shape index (κ3) is 3.12. The van der Waals surface area contributed by atoms with Gasteiger partial charge in [0.05, 0.1) is 0 Å². The topological polar surface area (TPSA) is 47.0 Å². The smallest absolute Gasteiger partial charge is 0.231 e. The van der Waals surface area contributed by atoms with Crippen molar-refractivity contribution in [2.45, 2.75) is 11.9 Å². The van der Waals surface area contributed by atoms with Gasteiger partial charge in [0.25, 0.3) is 0 Å². The number of benzene rings is 1. The molecule has 2 aromatic rings. The van der Waals surface area contributed by atoms with Crippen molar-refractivity contribution in [2.24, 2.45) is 4.99 Å². The zero-order chi connectivity index (χ0) is 15.5. The molecule has 0 fully saturated rings. The molecule has 2 aliphatic rings. The van der Waals surface area contributed by atoms with Gasteiger partial charge >= 0.3 is 0 Å². The van der Waals surface area contributed by atoms with Crippen molar-refractivity contribution in [2.75, 3.05) is 24.0 Å². The molecular weight excluding hydrogens is 310 g/mol. The number of rotatable bonds is 4. The summed E-state index contributed by atoms with van der Waals surface area (Å²) in [6, 6.07) is 10.2. The van der Waals surface area contributed by atoms with E-state index in [-0.39, 0.29) is 5.37 Å². The molecule has 6 heteroatoms. The highest BCUT2D eigenvalue weighted by Gasteiger charge is 2.22. The van der Waals surface area contributed by atoms with E-state index in [0.717, 1.165) is 36.0 Å². The van der Waals surface area contributed by atoms with Crippen molar-refractivity contribution in [1.29, 1.82) is 0 Å². The second kappa shape index (κ2) is 6.50. The summed E-state index contributed by atoms with van der Waals surface area (Å²) in [4.78, 5) is 11.0. The van der Waals surface area contributed by atoms with E-state index < -0.39 is 0 Å². The van der Waals surface area contributed by atoms with E-state index in [1.54, 1.807) is 6.20 Å². The van der Waals surface area contributed by atoms with E-state index in [2.05, 4.69) is 27.0 Å². The average molecular weight is 327 g/mol. The first-order valence-corrected chi connectivity index (χ1v) is 8.62. The maximum absolute atomic E-state index is 5.53. The van der Waals surface area contributed by atoms with Gasteiger partial charge in [-0.3, -0.25) is 9.98 Å². The first-order valence-electron chi connectivity index (χ1n) is 7.57. The molecule has 3 heterocycles. The minimum absolute atomic E-state index is 0.212. The summed E-state index contributed by atoms with van der Waals surface area (Å²) >= 11 is 1.90. The third-order valence-electron chi connectivity index (χ3n) is 3.81. The lowest BCUT2D eigenvalue weighted by Crippen LogP contribution is -2.35. The SMILES string of the molecule is C1=NCCSC1N(Cc1cccnc1)c1ccc2c(c1)OCO2. The molecule has 5 nitrogen and oxygen atoms in total. The van der Waals surface area contributed by atoms with Crippen molar-refractivity contribution < 1.29 is 9.47 Å². The van der Waals surface area contributed by atoms with Crippen LogP contribution in [0.1, 0.15) is 5.56 Å². The predicted octanol–water partition coefficient (Wildman–Crippen LogP) is 2.96. The van der Waals surface area contributed by atoms with Crippen molar-refractivity contribution in [3.63, 3.8) is 0 Å². The molecule has 0 saturated carbocycles. The first-order chi connectivity index (χ1) is 11.4. The van der Waals surface area contributed by atoms with E-state index in [1.165, 1.54) is 5.56 Å². The van der Waals surface area contributed by atoms with Gasteiger partial charge < -0.3 is 14.4 Å². The van der Waals surface area contributed by atoms with Crippen molar-refractivity contribution >= 4 is 23.7 Å². The molecule has 4 rings (SSSR count). The van der Waals surface area contributed by atoms with Gasteiger partial charge in [-0.1, -0.05) is 6.07 Å². The summed E-state index contributed by atoms with van der Waals surface area (Å²) in [5.41, 5.74) is 2.27. The number of aromatic nitrogens is 1. The average Bonchev–Trinajstić information content (AvgIpc) is 3.09. The molecule has 0 N–H and O–H groups in total. The second-order valence-corrected chi connectivity index (χ2v) is 6.57. The van der Waals surface area contributed by atoms with Crippen LogP contribution in [0.15, 0.2) is 47.7 Å². The molecule has 0 saturated heterocycles. The molecule has 0 spiro atoms. The summed E-state index contributed by atoms with van der Waals surface area (Å²) in [5.74, 6) is 2.64. The Kier molecular flexibility index (Phi) is 4.06. The Morgan fingerprint density at radius 1 is 1.22 bits per heavy atom. The molecule has 1 aromatic carbocycles. The Labute approximate surface area is 139 Å². The van der Waals surface area contributed by atoms with Crippen LogP contribution in [0.25, 0.3) is 0 Å². The molecule has 0 radical (unpaired) electrons. The van der Waals surface area contributed by atoms with Gasteiger partial charge in [0, 0.05) is 49.2 Å². The fourth-order valence-electron chi connectivity index (χ4n) is 2.68. The lowest BCUT2D eigenvalue weighted by atomic mass is 10.2. The number of fused-ring (bicyclic) bond motifs is 1. The van der Waals surface area contributed by atoms with Gasteiger partial charge in [0.2, 0.25) is 6.79 Å². The van der Waals surface area contributed by atoms with Crippen LogP contribution >= 0.6 is 11.8 Å². The Morgan fingerprint density at radius 2 is 2.17 bits per heavy atom. The van der Waals surface area contributed by atoms with E-state index in [1.807, 2.05) is 42.4 Å². The summed E-state index contributed by atoms with van der Waals surface area (Å²) in [5, 5.41) is 0.212. The van der Waals surface area contributed by atoms with Crippen LogP contribution in [0, 0.1) is 0 Å². The van der Waals surface area contributed by atoms with E-state index >= 15 is 0 Å². The van der Waals surface area contributed by atoms with Crippen LogP contribution in [0.5, 0.6) is 11.5 Å². The van der Waals surface area contributed by atoms with Crippen LogP contribution in [-0.4, -0.2) is 35.7 Å². The number of hydrogen-bond donors (Lipinski definition) is 0. The summed E-state index contributed by atoms with van der Waals surface area (Å²) in [6.45, 7) is 1.96. The van der Waals surface area contributed by atoms with Crippen molar-refractivity contribution in [3.05, 3.63) is 48.3 Å². The Morgan fingerprint density at radius 3 is 3.00 bits per heavy atom. The maximum atomic E-state index is 5.53. The molecule has 1 atom stereocenters. The lowest BCUT2D eigenvalue weighted by molar-refractivity contribution is 0.174. The third-order valence-corrected chi connectivity index (χ3v) is 4.95. The number of pyridine rings is 1. The molecule has 1 unspecified atom stereocenters. The zero-order valence-electron chi connectivity index (χ0n) is 12.6. The molecule has 0 bridgehead atoms. The molecule has 2 aliphatic heterocycles. The fraction of sp³-hybridized carbons (Fsp3) is 0.294. The largest absolute Gasteiger partial charge is 0.454 e. The number of thioether (sulfide) groups is 1. The Balaban J connectivity index is 1.66. The number of ether oxygens (including phenoxy) is 2. The van der Waals surface area contributed by atoms with Gasteiger partial charge in [0.1, 0.15) is 5.37 Å². The van der Waals surface area contributed by atoms with Crippen molar-refractivity contribution in [1.82, 2.24) is 4.98 Å². The molecule has 118 valence electrons. The molecule has 0 amide bonds. The number of anilines is 1. The number of nitrogens with zero attached hydrogens (tertiary/aromatic N) is 3. The van der Waals surface area contributed by atoms with E-state index in [9.17, 15) is 0 Å². The van der Waals surface area contributed by atoms with Crippen LogP contribution in [0.2, 0.25) is 0 Å². The summed E-state index contributed by atoms with van der Waals surface area (Å²) < 4.78 is 10.9. The standard InChI is InChI=1S/C17H17N3O2S/c1-2-13(9-18-5-1)11-20(17-10-19-6-7-23-17)14-3-4-15-16(8-14)22-12-21-15/h1-5,8-10,17H,6-7,11-12H2. The Bertz CT molecular complexity index is 708. The first kappa shape index (κ1) is 14.4. The highest BCUT2D eigenvalue weighted by Crippen LogP contribution is 2.37. The summed E-state index contributed by atoms with van der Waals surface area (Å²) in [6.07, 6.45) is 5.74. The van der Waals surface area contributed by atoms with Gasteiger partial charge in [-0.2, -0.15) is 0 Å². The van der Waals surface area contributed by atoms with E-state index in [4.69, 9.17) is 9.47 Å². The number of aliphatic imine (C=N–C) groups is 1. The monoisotopic (exact) mass is 327 g/mol. The van der Waals surface area contributed by atoms with Crippen LogP contribution in [0.3, 0.4) is 0 Å². The highest BCUT2D eigenvalue weighted by atomic mass is 32.2. The Hall–Kier alpha value is -2.21. The zero-order valence-corrected chi connectivity index (χ0v) is 13.4. The van der Waals surface area contributed by atoms with Gasteiger partial charge in [-0.25, -0.2) is 0 Å². The van der Waals surface area contributed by atoms with Gasteiger partial charge in [0.15, 0.2) is 11.5 Å². The maximum Gasteiger partial charge on any atom is 0.231 e. The molecule has 0 aliphatic carbocycles. The lowest BCUT2D eigenvalue weighted by Gasteiger charge is -2.32. The van der Waals surface area contributed by atoms with Gasteiger partial charge in [-0.15, -0.1) is 11.8 Å². The van der Waals surface area contributed by atoms with Crippen molar-refractivity contribution in [3.8, 4) is 11.5 Å².